The number of nitrogens with zero attached hydrogens (tertiary/aromatic N) is 2. The van der Waals surface area contributed by atoms with Crippen molar-refractivity contribution in [1.29, 1.82) is 0 Å². The van der Waals surface area contributed by atoms with Gasteiger partial charge in [-0.1, -0.05) is 42.5 Å². The molecule has 0 aliphatic carbocycles. The second kappa shape index (κ2) is 11.2. The van der Waals surface area contributed by atoms with Gasteiger partial charge in [-0.25, -0.2) is 8.78 Å². The Morgan fingerprint density at radius 1 is 0.829 bits per heavy atom. The minimum Gasteiger partial charge on any atom is -0.352 e. The van der Waals surface area contributed by atoms with Crippen LogP contribution in [0.2, 0.25) is 0 Å². The van der Waals surface area contributed by atoms with Crippen LogP contribution in [0.4, 0.5) is 8.78 Å². The number of hydrogen-bond donors (Lipinski definition) is 1. The molecule has 1 aliphatic heterocycles. The number of rotatable bonds is 7. The Balaban J connectivity index is 1.34. The van der Waals surface area contributed by atoms with Crippen molar-refractivity contribution in [3.05, 3.63) is 107 Å². The second-order valence-electron chi connectivity index (χ2n) is 8.74. The van der Waals surface area contributed by atoms with Gasteiger partial charge in [-0.2, -0.15) is 0 Å². The van der Waals surface area contributed by atoms with Crippen molar-refractivity contribution >= 4 is 11.8 Å². The van der Waals surface area contributed by atoms with E-state index < -0.39 is 0 Å². The van der Waals surface area contributed by atoms with Crippen molar-refractivity contribution in [2.75, 3.05) is 32.7 Å². The van der Waals surface area contributed by atoms with Crippen LogP contribution in [-0.2, 0) is 4.79 Å². The van der Waals surface area contributed by atoms with Gasteiger partial charge < -0.3 is 10.2 Å². The first-order valence-electron chi connectivity index (χ1n) is 11.8. The molecule has 0 radical (unpaired) electrons. The summed E-state index contributed by atoms with van der Waals surface area (Å²) in [5.74, 6) is -0.801. The summed E-state index contributed by atoms with van der Waals surface area (Å²) >= 11 is 0. The molecule has 1 saturated heterocycles. The Bertz CT molecular complexity index is 1110. The molecule has 2 amide bonds. The smallest absolute Gasteiger partial charge is 0.251 e. The molecule has 4 rings (SSSR count). The third kappa shape index (κ3) is 6.11. The van der Waals surface area contributed by atoms with Crippen LogP contribution in [0, 0.1) is 18.6 Å². The fourth-order valence-electron chi connectivity index (χ4n) is 4.50. The molecule has 0 bridgehead atoms. The van der Waals surface area contributed by atoms with E-state index in [-0.39, 0.29) is 42.5 Å². The summed E-state index contributed by atoms with van der Waals surface area (Å²) in [6.45, 7) is 4.50. The molecule has 3 aromatic rings. The van der Waals surface area contributed by atoms with Crippen molar-refractivity contribution < 1.29 is 18.4 Å². The highest BCUT2D eigenvalue weighted by Gasteiger charge is 2.28. The molecule has 0 atom stereocenters. The Hall–Kier alpha value is -3.58. The van der Waals surface area contributed by atoms with Crippen LogP contribution in [-0.4, -0.2) is 54.3 Å². The number of piperazine rings is 1. The van der Waals surface area contributed by atoms with Gasteiger partial charge in [-0.05, 0) is 53.9 Å². The van der Waals surface area contributed by atoms with Gasteiger partial charge in [-0.3, -0.25) is 14.5 Å². The topological polar surface area (TPSA) is 52.7 Å². The van der Waals surface area contributed by atoms with Crippen molar-refractivity contribution in [2.45, 2.75) is 19.4 Å². The molecule has 5 nitrogen and oxygen atoms in total. The van der Waals surface area contributed by atoms with Crippen LogP contribution < -0.4 is 5.32 Å². The van der Waals surface area contributed by atoms with Gasteiger partial charge in [0.15, 0.2) is 0 Å². The van der Waals surface area contributed by atoms with E-state index in [1.165, 1.54) is 24.3 Å². The van der Waals surface area contributed by atoms with Gasteiger partial charge in [0, 0.05) is 44.7 Å². The van der Waals surface area contributed by atoms with Gasteiger partial charge in [0.05, 0.1) is 6.04 Å². The van der Waals surface area contributed by atoms with Crippen LogP contribution in [0.15, 0.2) is 72.8 Å². The molecule has 35 heavy (non-hydrogen) atoms. The highest BCUT2D eigenvalue weighted by molar-refractivity contribution is 5.95. The Labute approximate surface area is 204 Å². The average Bonchev–Trinajstić information content (AvgIpc) is 2.87. The summed E-state index contributed by atoms with van der Waals surface area (Å²) < 4.78 is 27.0. The summed E-state index contributed by atoms with van der Waals surface area (Å²) in [6.07, 6.45) is 0.233. The summed E-state index contributed by atoms with van der Waals surface area (Å²) in [4.78, 5) is 29.1. The molecule has 0 unspecified atom stereocenters. The number of benzene rings is 3. The molecule has 0 spiro atoms. The number of halogens is 2. The molecule has 7 heteroatoms. The Morgan fingerprint density at radius 2 is 1.37 bits per heavy atom. The zero-order chi connectivity index (χ0) is 24.8. The number of carbonyl (C=O) groups excluding carboxylic acids is 2. The van der Waals surface area contributed by atoms with Crippen LogP contribution in [0.25, 0.3) is 0 Å². The van der Waals surface area contributed by atoms with E-state index >= 15 is 0 Å². The standard InChI is InChI=1S/C28H29F2N3O2/c1-20-4-2-3-5-25(20)28(35)31-15-14-26(34)32-16-18-33(19-17-32)27(21-6-10-23(29)11-7-21)22-8-12-24(30)13-9-22/h2-13,27H,14-19H2,1H3,(H,31,35). The van der Waals surface area contributed by atoms with Gasteiger partial charge >= 0.3 is 0 Å². The molecule has 1 aliphatic rings. The van der Waals surface area contributed by atoms with E-state index in [9.17, 15) is 18.4 Å². The zero-order valence-corrected chi connectivity index (χ0v) is 19.7. The van der Waals surface area contributed by atoms with Crippen molar-refractivity contribution in [2.24, 2.45) is 0 Å². The molecule has 0 saturated carbocycles. The number of aryl methyl sites for hydroxylation is 1. The van der Waals surface area contributed by atoms with E-state index in [1.54, 1.807) is 30.3 Å². The second-order valence-corrected chi connectivity index (χ2v) is 8.74. The van der Waals surface area contributed by atoms with E-state index in [2.05, 4.69) is 10.2 Å². The Kier molecular flexibility index (Phi) is 7.87. The molecule has 182 valence electrons. The molecular weight excluding hydrogens is 448 g/mol. The SMILES string of the molecule is Cc1ccccc1C(=O)NCCC(=O)N1CCN(C(c2ccc(F)cc2)c2ccc(F)cc2)CC1. The fraction of sp³-hybridized carbons (Fsp3) is 0.286. The lowest BCUT2D eigenvalue weighted by Crippen LogP contribution is -2.50. The maximum Gasteiger partial charge on any atom is 0.251 e. The molecule has 3 aromatic carbocycles. The first-order valence-corrected chi connectivity index (χ1v) is 11.8. The highest BCUT2D eigenvalue weighted by Crippen LogP contribution is 2.30. The van der Waals surface area contributed by atoms with Crippen LogP contribution in [0.1, 0.15) is 39.5 Å². The number of amides is 2. The lowest BCUT2D eigenvalue weighted by atomic mass is 9.96. The third-order valence-corrected chi connectivity index (χ3v) is 6.42. The van der Waals surface area contributed by atoms with Gasteiger partial charge in [0.2, 0.25) is 5.91 Å². The normalized spacial score (nSPS) is 14.2. The van der Waals surface area contributed by atoms with Crippen LogP contribution >= 0.6 is 0 Å². The monoisotopic (exact) mass is 477 g/mol. The van der Waals surface area contributed by atoms with Gasteiger partial charge in [-0.15, -0.1) is 0 Å². The van der Waals surface area contributed by atoms with E-state index in [0.29, 0.717) is 31.7 Å². The Morgan fingerprint density at radius 3 is 1.91 bits per heavy atom. The maximum atomic E-state index is 13.5. The number of nitrogens with one attached hydrogen (secondary N) is 1. The lowest BCUT2D eigenvalue weighted by molar-refractivity contribution is -0.133. The summed E-state index contributed by atoms with van der Waals surface area (Å²) in [5.41, 5.74) is 3.33. The van der Waals surface area contributed by atoms with E-state index in [0.717, 1.165) is 16.7 Å². The van der Waals surface area contributed by atoms with Crippen LogP contribution in [0.3, 0.4) is 0 Å². The van der Waals surface area contributed by atoms with Gasteiger partial charge in [0.25, 0.3) is 5.91 Å². The number of hydrogen-bond acceptors (Lipinski definition) is 3. The minimum absolute atomic E-state index is 0.00477. The maximum absolute atomic E-state index is 13.5. The first kappa shape index (κ1) is 24.5. The predicted octanol–water partition coefficient (Wildman–Crippen LogP) is 4.33. The lowest BCUT2D eigenvalue weighted by Gasteiger charge is -2.40. The molecule has 1 N–H and O–H groups in total. The van der Waals surface area contributed by atoms with Crippen LogP contribution in [0.5, 0.6) is 0 Å². The summed E-state index contributed by atoms with van der Waals surface area (Å²) in [5, 5.41) is 2.83. The summed E-state index contributed by atoms with van der Waals surface area (Å²) in [6, 6.07) is 19.9. The zero-order valence-electron chi connectivity index (χ0n) is 19.7. The van der Waals surface area contributed by atoms with Crippen molar-refractivity contribution in [3.8, 4) is 0 Å². The quantitative estimate of drug-likeness (QED) is 0.551. The average molecular weight is 478 g/mol. The predicted molar refractivity (Wildman–Crippen MR) is 131 cm³/mol. The van der Waals surface area contributed by atoms with Gasteiger partial charge in [0.1, 0.15) is 11.6 Å². The summed E-state index contributed by atoms with van der Waals surface area (Å²) in [7, 11) is 0. The molecule has 0 aromatic heterocycles. The fourth-order valence-corrected chi connectivity index (χ4v) is 4.50. The first-order chi connectivity index (χ1) is 16.9. The largest absolute Gasteiger partial charge is 0.352 e. The molecular formula is C28H29F2N3O2. The third-order valence-electron chi connectivity index (χ3n) is 6.42. The van der Waals surface area contributed by atoms with E-state index in [1.807, 2.05) is 30.0 Å². The van der Waals surface area contributed by atoms with Crippen molar-refractivity contribution in [3.63, 3.8) is 0 Å². The minimum atomic E-state index is -0.309. The highest BCUT2D eigenvalue weighted by atomic mass is 19.1. The van der Waals surface area contributed by atoms with Crippen molar-refractivity contribution in [1.82, 2.24) is 15.1 Å². The van der Waals surface area contributed by atoms with E-state index in [4.69, 9.17) is 0 Å². The molecule has 1 fully saturated rings. The molecule has 1 heterocycles. The number of carbonyl (C=O) groups is 2.